The smallest absolute Gasteiger partial charge is 0.414 e. The number of benzene rings is 2. The number of likely N-dealkylation sites (N-methyl/N-ethyl adjacent to an activating group) is 2. The molecule has 1 aliphatic carbocycles. The van der Waals surface area contributed by atoms with Crippen molar-refractivity contribution in [2.24, 2.45) is 0 Å². The third-order valence-electron chi connectivity index (χ3n) is 9.24. The number of ether oxygens (including phenoxy) is 1. The molecule has 2 heterocycles. The Morgan fingerprint density at radius 1 is 0.953 bits per heavy atom. The van der Waals surface area contributed by atoms with E-state index >= 15 is 0 Å². The second-order valence-electron chi connectivity index (χ2n) is 14.0. The van der Waals surface area contributed by atoms with Gasteiger partial charge >= 0.3 is 6.09 Å². The van der Waals surface area contributed by atoms with Crippen molar-refractivity contribution in [3.05, 3.63) is 107 Å². The molecule has 0 aromatic heterocycles. The summed E-state index contributed by atoms with van der Waals surface area (Å²) >= 11 is 0. The van der Waals surface area contributed by atoms with Crippen molar-refractivity contribution in [1.29, 1.82) is 0 Å². The Bertz CT molecular complexity index is 1610. The van der Waals surface area contributed by atoms with Crippen LogP contribution >= 0.6 is 0 Å². The average molecular weight is 579 g/mol. The summed E-state index contributed by atoms with van der Waals surface area (Å²) in [5.74, 6) is 0. The minimum atomic E-state index is -0.577. The van der Waals surface area contributed by atoms with Crippen LogP contribution in [0.5, 0.6) is 0 Å². The number of carbonyl (C=O) groups excluding carboxylic acids is 1. The second kappa shape index (κ2) is 11.0. The maximum atomic E-state index is 13.6. The van der Waals surface area contributed by atoms with E-state index in [2.05, 4.69) is 124 Å². The molecule has 0 saturated carbocycles. The maximum Gasteiger partial charge on any atom is 0.414 e. The highest BCUT2D eigenvalue weighted by Gasteiger charge is 2.43. The number of anilines is 1. The van der Waals surface area contributed by atoms with Crippen molar-refractivity contribution < 1.29 is 14.1 Å². The Hall–Kier alpha value is -3.86. The van der Waals surface area contributed by atoms with Gasteiger partial charge in [-0.25, -0.2) is 4.79 Å². The van der Waals surface area contributed by atoms with E-state index in [1.54, 1.807) is 0 Å². The molecule has 1 amide bonds. The molecule has 226 valence electrons. The van der Waals surface area contributed by atoms with Crippen LogP contribution in [0.1, 0.15) is 79.4 Å². The molecule has 5 heteroatoms. The van der Waals surface area contributed by atoms with Crippen LogP contribution < -0.4 is 4.90 Å². The minimum absolute atomic E-state index is 0.118. The van der Waals surface area contributed by atoms with E-state index in [4.69, 9.17) is 4.74 Å². The topological polar surface area (TPSA) is 35.8 Å². The molecule has 43 heavy (non-hydrogen) atoms. The van der Waals surface area contributed by atoms with E-state index in [0.29, 0.717) is 6.54 Å². The van der Waals surface area contributed by atoms with Crippen LogP contribution in [0.2, 0.25) is 0 Å². The summed E-state index contributed by atoms with van der Waals surface area (Å²) in [7, 11) is 4.29. The summed E-state index contributed by atoms with van der Waals surface area (Å²) in [5.41, 5.74) is 10.1. The lowest BCUT2D eigenvalue weighted by atomic mass is 9.81. The van der Waals surface area contributed by atoms with Gasteiger partial charge in [0.15, 0.2) is 5.71 Å². The van der Waals surface area contributed by atoms with Gasteiger partial charge in [-0.3, -0.25) is 4.90 Å². The van der Waals surface area contributed by atoms with Crippen LogP contribution in [-0.2, 0) is 15.6 Å². The minimum Gasteiger partial charge on any atom is -0.443 e. The van der Waals surface area contributed by atoms with E-state index in [0.717, 1.165) is 29.7 Å². The molecule has 0 bridgehead atoms. The molecule has 2 aliphatic heterocycles. The summed E-state index contributed by atoms with van der Waals surface area (Å²) in [6.07, 6.45) is 10.4. The summed E-state index contributed by atoms with van der Waals surface area (Å²) < 4.78 is 8.20. The molecule has 0 saturated heterocycles. The first-order valence-electron chi connectivity index (χ1n) is 15.6. The first-order chi connectivity index (χ1) is 20.2. The highest BCUT2D eigenvalue weighted by Crippen LogP contribution is 2.47. The van der Waals surface area contributed by atoms with E-state index in [1.165, 1.54) is 33.9 Å². The molecular weight excluding hydrogens is 530 g/mol. The molecule has 2 aromatic carbocycles. The molecule has 2 aromatic rings. The molecule has 0 radical (unpaired) electrons. The van der Waals surface area contributed by atoms with Crippen LogP contribution in [0.25, 0.3) is 0 Å². The fourth-order valence-corrected chi connectivity index (χ4v) is 7.04. The monoisotopic (exact) mass is 578 g/mol. The Morgan fingerprint density at radius 3 is 2.23 bits per heavy atom. The number of nitrogens with zero attached hydrogens (tertiary/aromatic N) is 3. The number of amides is 1. The predicted octanol–water partition coefficient (Wildman–Crippen LogP) is 8.79. The van der Waals surface area contributed by atoms with Crippen molar-refractivity contribution in [2.45, 2.75) is 84.7 Å². The number of para-hydroxylation sites is 2. The quantitative estimate of drug-likeness (QED) is 0.333. The van der Waals surface area contributed by atoms with Gasteiger partial charge < -0.3 is 9.64 Å². The van der Waals surface area contributed by atoms with E-state index in [9.17, 15) is 4.79 Å². The van der Waals surface area contributed by atoms with Gasteiger partial charge in [0.2, 0.25) is 5.69 Å². The van der Waals surface area contributed by atoms with Gasteiger partial charge in [-0.05, 0) is 83.2 Å². The van der Waals surface area contributed by atoms with Crippen LogP contribution in [0.4, 0.5) is 16.2 Å². The number of fused-ring (bicyclic) bond motifs is 2. The molecule has 3 aliphatic rings. The van der Waals surface area contributed by atoms with Crippen molar-refractivity contribution >= 4 is 23.2 Å². The van der Waals surface area contributed by atoms with Crippen molar-refractivity contribution in [1.82, 2.24) is 4.90 Å². The molecular formula is C38H48N3O2+. The molecule has 0 spiro atoms. The normalized spacial score (nSPS) is 20.9. The van der Waals surface area contributed by atoms with Crippen molar-refractivity contribution in [3.8, 4) is 0 Å². The molecule has 5 rings (SSSR count). The Balaban J connectivity index is 1.58. The highest BCUT2D eigenvalue weighted by atomic mass is 16.6. The van der Waals surface area contributed by atoms with E-state index < -0.39 is 5.60 Å². The summed E-state index contributed by atoms with van der Waals surface area (Å²) in [5, 5.41) is 0. The maximum absolute atomic E-state index is 13.6. The first kappa shape index (κ1) is 30.6. The fraction of sp³-hybridized carbons (Fsp3) is 0.421. The van der Waals surface area contributed by atoms with E-state index in [-0.39, 0.29) is 16.9 Å². The Labute approximate surface area is 258 Å². The number of rotatable bonds is 5. The molecule has 0 fully saturated rings. The fourth-order valence-electron chi connectivity index (χ4n) is 7.04. The standard InChI is InChI=1S/C38H48N3O2/c1-11-41(35(42)43-36(2,3)4)34-26(22-24-32-37(5,6)28-16-12-14-18-30(28)39(32)9)20-21-27(34)23-25-33-38(7,8)29-17-13-15-19-31(29)40(33)10/h12-19,22-25H,11,20-21H2,1-10H3/q+1. The zero-order valence-corrected chi connectivity index (χ0v) is 27.7. The average Bonchev–Trinajstić information content (AvgIpc) is 3.48. The second-order valence-corrected chi connectivity index (χ2v) is 14.0. The Morgan fingerprint density at radius 2 is 1.60 bits per heavy atom. The van der Waals surface area contributed by atoms with Crippen LogP contribution in [0, 0.1) is 0 Å². The molecule has 0 unspecified atom stereocenters. The lowest BCUT2D eigenvalue weighted by Crippen LogP contribution is -2.36. The van der Waals surface area contributed by atoms with E-state index in [1.807, 2.05) is 32.6 Å². The first-order valence-corrected chi connectivity index (χ1v) is 15.6. The van der Waals surface area contributed by atoms with Gasteiger partial charge in [0.05, 0.1) is 11.1 Å². The summed E-state index contributed by atoms with van der Waals surface area (Å²) in [4.78, 5) is 17.7. The molecule has 0 atom stereocenters. The van der Waals surface area contributed by atoms with Crippen molar-refractivity contribution in [3.63, 3.8) is 0 Å². The zero-order chi connectivity index (χ0) is 31.3. The largest absolute Gasteiger partial charge is 0.443 e. The third-order valence-corrected chi connectivity index (χ3v) is 9.24. The number of allylic oxidation sites excluding steroid dienone is 7. The molecule has 0 N–H and O–H groups in total. The van der Waals surface area contributed by atoms with Gasteiger partial charge in [0.25, 0.3) is 0 Å². The van der Waals surface area contributed by atoms with Gasteiger partial charge in [0, 0.05) is 48.1 Å². The predicted molar refractivity (Wildman–Crippen MR) is 178 cm³/mol. The van der Waals surface area contributed by atoms with Gasteiger partial charge in [-0.2, -0.15) is 4.58 Å². The highest BCUT2D eigenvalue weighted by molar-refractivity contribution is 6.03. The Kier molecular flexibility index (Phi) is 7.83. The summed E-state index contributed by atoms with van der Waals surface area (Å²) in [6.45, 7) is 17.5. The zero-order valence-electron chi connectivity index (χ0n) is 27.7. The number of hydrogen-bond donors (Lipinski definition) is 0. The van der Waals surface area contributed by atoms with Crippen molar-refractivity contribution in [2.75, 3.05) is 25.5 Å². The lowest BCUT2D eigenvalue weighted by molar-refractivity contribution is -0.401. The van der Waals surface area contributed by atoms with Crippen LogP contribution in [-0.4, -0.2) is 47.5 Å². The number of carbonyl (C=O) groups is 1. The van der Waals surface area contributed by atoms with Crippen LogP contribution in [0.3, 0.4) is 0 Å². The van der Waals surface area contributed by atoms with Gasteiger partial charge in [-0.15, -0.1) is 0 Å². The SMILES string of the molecule is CCN(C(=O)OC(C)(C)C)C1=C(C=CC2=[N+](C)c3ccccc3C2(C)C)CCC1=CC=C1N(C)c2ccccc2C1(C)C. The summed E-state index contributed by atoms with van der Waals surface area (Å²) in [6, 6.07) is 17.3. The third kappa shape index (κ3) is 5.39. The van der Waals surface area contributed by atoms with Crippen LogP contribution in [0.15, 0.2) is 95.4 Å². The number of hydrogen-bond acceptors (Lipinski definition) is 3. The van der Waals surface area contributed by atoms with Gasteiger partial charge in [-0.1, -0.05) is 62.4 Å². The lowest BCUT2D eigenvalue weighted by Gasteiger charge is -2.29. The molecule has 5 nitrogen and oxygen atoms in total. The van der Waals surface area contributed by atoms with Gasteiger partial charge in [0.1, 0.15) is 12.6 Å².